The Labute approximate surface area is 156 Å². The number of aromatic nitrogens is 1. The van der Waals surface area contributed by atoms with E-state index < -0.39 is 17.7 Å². The first-order valence-corrected chi connectivity index (χ1v) is 9.30. The van der Waals surface area contributed by atoms with Gasteiger partial charge in [-0.25, -0.2) is 4.79 Å². The van der Waals surface area contributed by atoms with E-state index in [2.05, 4.69) is 0 Å². The number of carboxylic acids is 1. The van der Waals surface area contributed by atoms with E-state index in [1.165, 1.54) is 18.6 Å². The van der Waals surface area contributed by atoms with Crippen molar-refractivity contribution in [3.8, 4) is 11.3 Å². The predicted molar refractivity (Wildman–Crippen MR) is 97.9 cm³/mol. The van der Waals surface area contributed by atoms with Crippen LogP contribution >= 0.6 is 0 Å². The monoisotopic (exact) mass is 379 g/mol. The van der Waals surface area contributed by atoms with Crippen LogP contribution < -0.4 is 0 Å². The van der Waals surface area contributed by atoms with Crippen molar-refractivity contribution in [1.29, 1.82) is 0 Å². The number of carboxylic acid groups (broad SMARTS) is 1. The molecular formula is C21H24F3NO2. The summed E-state index contributed by atoms with van der Waals surface area (Å²) in [4.78, 5) is 11.6. The first-order chi connectivity index (χ1) is 12.7. The molecule has 1 fully saturated rings. The Morgan fingerprint density at radius 2 is 1.81 bits per heavy atom. The number of halogens is 3. The second-order valence-electron chi connectivity index (χ2n) is 7.48. The van der Waals surface area contributed by atoms with Gasteiger partial charge in [-0.2, -0.15) is 13.2 Å². The maximum atomic E-state index is 13.2. The largest absolute Gasteiger partial charge is 0.478 e. The van der Waals surface area contributed by atoms with E-state index in [0.717, 1.165) is 37.8 Å². The fourth-order valence-electron chi connectivity index (χ4n) is 4.02. The number of nitrogens with zero attached hydrogens (tertiary/aromatic N) is 1. The fraction of sp³-hybridized carbons (Fsp3) is 0.476. The van der Waals surface area contributed by atoms with Gasteiger partial charge in [-0.15, -0.1) is 0 Å². The molecule has 1 aliphatic carbocycles. The first-order valence-electron chi connectivity index (χ1n) is 9.30. The summed E-state index contributed by atoms with van der Waals surface area (Å²) in [5.41, 5.74) is 1.72. The lowest BCUT2D eigenvalue weighted by Crippen LogP contribution is -2.16. The number of hydrogen-bond donors (Lipinski definition) is 1. The Bertz CT molecular complexity index is 846. The molecule has 146 valence electrons. The molecule has 0 amide bonds. The summed E-state index contributed by atoms with van der Waals surface area (Å²) in [6, 6.07) is 5.17. The Morgan fingerprint density at radius 1 is 1.15 bits per heavy atom. The van der Waals surface area contributed by atoms with Crippen LogP contribution in [-0.2, 0) is 12.7 Å². The average Bonchev–Trinajstić information content (AvgIpc) is 2.92. The molecule has 0 aliphatic heterocycles. The van der Waals surface area contributed by atoms with Crippen molar-refractivity contribution in [2.45, 2.75) is 58.7 Å². The zero-order valence-corrected chi connectivity index (χ0v) is 15.6. The lowest BCUT2D eigenvalue weighted by molar-refractivity contribution is -0.137. The summed E-state index contributed by atoms with van der Waals surface area (Å²) in [5, 5.41) is 9.52. The van der Waals surface area contributed by atoms with Gasteiger partial charge in [0.25, 0.3) is 0 Å². The lowest BCUT2D eigenvalue weighted by Gasteiger charge is -2.24. The summed E-state index contributed by atoms with van der Waals surface area (Å²) in [5.74, 6) is -0.628. The Morgan fingerprint density at radius 3 is 2.41 bits per heavy atom. The van der Waals surface area contributed by atoms with Crippen molar-refractivity contribution >= 4 is 5.97 Å². The van der Waals surface area contributed by atoms with Crippen molar-refractivity contribution in [2.75, 3.05) is 0 Å². The van der Waals surface area contributed by atoms with Crippen LogP contribution in [0.1, 0.15) is 59.3 Å². The zero-order chi connectivity index (χ0) is 19.8. The molecule has 27 heavy (non-hydrogen) atoms. The third-order valence-electron chi connectivity index (χ3n) is 5.60. The van der Waals surface area contributed by atoms with Gasteiger partial charge >= 0.3 is 12.1 Å². The summed E-state index contributed by atoms with van der Waals surface area (Å²) in [7, 11) is 0. The smallest absolute Gasteiger partial charge is 0.416 e. The quantitative estimate of drug-likeness (QED) is 0.701. The molecule has 3 nitrogen and oxygen atoms in total. The molecule has 1 saturated carbocycles. The summed E-state index contributed by atoms with van der Waals surface area (Å²) >= 11 is 0. The summed E-state index contributed by atoms with van der Waals surface area (Å²) in [6.45, 7) is 4.13. The second-order valence-corrected chi connectivity index (χ2v) is 7.48. The van der Waals surface area contributed by atoms with Gasteiger partial charge in [0, 0.05) is 23.5 Å². The van der Waals surface area contributed by atoms with Crippen molar-refractivity contribution in [2.24, 2.45) is 5.92 Å². The SMILES string of the molecule is Cc1ccc(C(F)(F)F)cc1-c1cc(C(=O)O)c(C)n1CC1CCCCC1. The lowest BCUT2D eigenvalue weighted by atomic mass is 9.89. The fourth-order valence-corrected chi connectivity index (χ4v) is 4.02. The zero-order valence-electron chi connectivity index (χ0n) is 15.6. The Balaban J connectivity index is 2.11. The normalized spacial score (nSPS) is 15.9. The highest BCUT2D eigenvalue weighted by Crippen LogP contribution is 2.36. The number of aryl methyl sites for hydroxylation is 1. The highest BCUT2D eigenvalue weighted by atomic mass is 19.4. The molecule has 1 aliphatic rings. The topological polar surface area (TPSA) is 42.2 Å². The predicted octanol–water partition coefficient (Wildman–Crippen LogP) is 6.07. The van der Waals surface area contributed by atoms with E-state index in [0.29, 0.717) is 35.0 Å². The molecule has 1 N–H and O–H groups in total. The molecular weight excluding hydrogens is 355 g/mol. The second kappa shape index (κ2) is 7.41. The van der Waals surface area contributed by atoms with Crippen LogP contribution in [0.3, 0.4) is 0 Å². The maximum absolute atomic E-state index is 13.2. The molecule has 2 aromatic rings. The number of alkyl halides is 3. The highest BCUT2D eigenvalue weighted by Gasteiger charge is 2.31. The van der Waals surface area contributed by atoms with Crippen LogP contribution in [0.5, 0.6) is 0 Å². The van der Waals surface area contributed by atoms with E-state index in [1.807, 2.05) is 4.57 Å². The minimum absolute atomic E-state index is 0.151. The molecule has 6 heteroatoms. The third-order valence-corrected chi connectivity index (χ3v) is 5.60. The van der Waals surface area contributed by atoms with Gasteiger partial charge in [0.05, 0.1) is 11.1 Å². The summed E-state index contributed by atoms with van der Waals surface area (Å²) in [6.07, 6.45) is 1.21. The van der Waals surface area contributed by atoms with Crippen molar-refractivity contribution < 1.29 is 23.1 Å². The molecule has 0 radical (unpaired) electrons. The highest BCUT2D eigenvalue weighted by molar-refractivity contribution is 5.91. The van der Waals surface area contributed by atoms with Crippen LogP contribution in [0.2, 0.25) is 0 Å². The van der Waals surface area contributed by atoms with Crippen LogP contribution in [0.4, 0.5) is 13.2 Å². The van der Waals surface area contributed by atoms with E-state index in [1.54, 1.807) is 13.8 Å². The molecule has 0 unspecified atom stereocenters. The van der Waals surface area contributed by atoms with E-state index in [9.17, 15) is 23.1 Å². The van der Waals surface area contributed by atoms with E-state index in [4.69, 9.17) is 0 Å². The molecule has 1 aromatic carbocycles. The van der Waals surface area contributed by atoms with E-state index in [-0.39, 0.29) is 5.56 Å². The number of rotatable bonds is 4. The van der Waals surface area contributed by atoms with Gasteiger partial charge < -0.3 is 9.67 Å². The van der Waals surface area contributed by atoms with Crippen LogP contribution in [0.15, 0.2) is 24.3 Å². The molecule has 3 rings (SSSR count). The van der Waals surface area contributed by atoms with Gasteiger partial charge in [-0.1, -0.05) is 25.3 Å². The number of benzene rings is 1. The van der Waals surface area contributed by atoms with Crippen molar-refractivity contribution in [1.82, 2.24) is 4.57 Å². The molecule has 1 heterocycles. The van der Waals surface area contributed by atoms with Crippen molar-refractivity contribution in [3.05, 3.63) is 46.6 Å². The molecule has 1 aromatic heterocycles. The standard InChI is InChI=1S/C21H24F3NO2/c1-13-8-9-16(21(22,23)24)10-17(13)19-11-18(20(26)27)14(2)25(19)12-15-6-4-3-5-7-15/h8-11,15H,3-7,12H2,1-2H3,(H,26,27). The Hall–Kier alpha value is -2.24. The van der Waals surface area contributed by atoms with E-state index >= 15 is 0 Å². The maximum Gasteiger partial charge on any atom is 0.416 e. The van der Waals surface area contributed by atoms with Crippen LogP contribution in [0, 0.1) is 19.8 Å². The summed E-state index contributed by atoms with van der Waals surface area (Å²) < 4.78 is 41.5. The van der Waals surface area contributed by atoms with Gasteiger partial charge in [-0.05, 0) is 56.4 Å². The molecule has 0 saturated heterocycles. The first kappa shape index (κ1) is 19.5. The van der Waals surface area contributed by atoms with Gasteiger partial charge in [0.1, 0.15) is 0 Å². The number of aromatic carboxylic acids is 1. The van der Waals surface area contributed by atoms with Gasteiger partial charge in [0.2, 0.25) is 0 Å². The molecule has 0 atom stereocenters. The minimum atomic E-state index is -4.44. The Kier molecular flexibility index (Phi) is 5.36. The number of carbonyl (C=O) groups is 1. The van der Waals surface area contributed by atoms with Crippen LogP contribution in [-0.4, -0.2) is 15.6 Å². The minimum Gasteiger partial charge on any atom is -0.478 e. The van der Waals surface area contributed by atoms with Crippen LogP contribution in [0.25, 0.3) is 11.3 Å². The average molecular weight is 379 g/mol. The number of hydrogen-bond acceptors (Lipinski definition) is 1. The third kappa shape index (κ3) is 4.04. The van der Waals surface area contributed by atoms with Crippen molar-refractivity contribution in [3.63, 3.8) is 0 Å². The molecule has 0 spiro atoms. The van der Waals surface area contributed by atoms with Gasteiger partial charge in [0.15, 0.2) is 0 Å². The molecule has 0 bridgehead atoms. The van der Waals surface area contributed by atoms with Gasteiger partial charge in [-0.3, -0.25) is 0 Å².